The molecule has 2 heterocycles. The van der Waals surface area contributed by atoms with Gasteiger partial charge in [-0.05, 0) is 34.2 Å². The van der Waals surface area contributed by atoms with Crippen LogP contribution in [-0.2, 0) is 19.1 Å². The zero-order chi connectivity index (χ0) is 25.1. The van der Waals surface area contributed by atoms with Gasteiger partial charge in [-0.2, -0.15) is 9.94 Å². The third-order valence-electron chi connectivity index (χ3n) is 5.39. The van der Waals surface area contributed by atoms with Gasteiger partial charge >= 0.3 is 11.9 Å². The summed E-state index contributed by atoms with van der Waals surface area (Å²) in [6.45, 7) is 0. The third-order valence-corrected chi connectivity index (χ3v) is 5.39. The fraction of sp³-hybridized carbons (Fsp3) is 0.130. The second-order valence-corrected chi connectivity index (χ2v) is 7.23. The van der Waals surface area contributed by atoms with Crippen molar-refractivity contribution in [2.45, 2.75) is 5.92 Å². The molecule has 12 heteroatoms. The van der Waals surface area contributed by atoms with Crippen LogP contribution in [0, 0.1) is 17.1 Å². The zero-order valence-electron chi connectivity index (χ0n) is 18.5. The van der Waals surface area contributed by atoms with Crippen molar-refractivity contribution in [2.75, 3.05) is 19.1 Å². The molecule has 0 spiro atoms. The Kier molecular flexibility index (Phi) is 6.23. The lowest BCUT2D eigenvalue weighted by atomic mass is 9.81. The number of ether oxygens (including phenoxy) is 2. The smallest absolute Gasteiger partial charge is 0.355 e. The van der Waals surface area contributed by atoms with E-state index in [1.165, 1.54) is 18.5 Å². The van der Waals surface area contributed by atoms with Crippen molar-refractivity contribution in [1.29, 1.82) is 5.26 Å². The normalized spacial score (nSPS) is 15.6. The van der Waals surface area contributed by atoms with Gasteiger partial charge in [0.05, 0.1) is 43.0 Å². The van der Waals surface area contributed by atoms with Crippen molar-refractivity contribution >= 4 is 17.6 Å². The van der Waals surface area contributed by atoms with E-state index < -0.39 is 23.7 Å². The van der Waals surface area contributed by atoms with Crippen LogP contribution in [0.5, 0.6) is 0 Å². The first-order valence-electron chi connectivity index (χ1n) is 10.1. The van der Waals surface area contributed by atoms with Crippen molar-refractivity contribution < 1.29 is 23.5 Å². The molecule has 2 aromatic carbocycles. The van der Waals surface area contributed by atoms with Gasteiger partial charge in [-0.15, -0.1) is 5.10 Å². The minimum absolute atomic E-state index is 0.0162. The average Bonchev–Trinajstić information content (AvgIpc) is 3.42. The van der Waals surface area contributed by atoms with E-state index in [9.17, 15) is 19.2 Å². The van der Waals surface area contributed by atoms with Crippen molar-refractivity contribution in [1.82, 2.24) is 20.2 Å². The molecule has 0 saturated carbocycles. The van der Waals surface area contributed by atoms with Crippen molar-refractivity contribution in [3.8, 4) is 11.8 Å². The molecule has 0 bridgehead atoms. The quantitative estimate of drug-likeness (QED) is 0.540. The van der Waals surface area contributed by atoms with E-state index in [-0.39, 0.29) is 34.0 Å². The highest BCUT2D eigenvalue weighted by Gasteiger charge is 2.43. The number of nitrogens with two attached hydrogens (primary N) is 1. The van der Waals surface area contributed by atoms with Gasteiger partial charge in [0.1, 0.15) is 29.3 Å². The highest BCUT2D eigenvalue weighted by atomic mass is 19.1. The highest BCUT2D eigenvalue weighted by molar-refractivity contribution is 6.06. The van der Waals surface area contributed by atoms with Gasteiger partial charge in [0, 0.05) is 0 Å². The Hall–Kier alpha value is -5.05. The van der Waals surface area contributed by atoms with E-state index >= 15 is 0 Å². The average molecular weight is 475 g/mol. The van der Waals surface area contributed by atoms with Gasteiger partial charge in [0.25, 0.3) is 0 Å². The van der Waals surface area contributed by atoms with Gasteiger partial charge < -0.3 is 15.2 Å². The van der Waals surface area contributed by atoms with Crippen molar-refractivity contribution in [2.24, 2.45) is 5.73 Å². The summed E-state index contributed by atoms with van der Waals surface area (Å²) < 4.78 is 25.6. The molecule has 3 aromatic rings. The summed E-state index contributed by atoms with van der Waals surface area (Å²) in [4.78, 5) is 27.3. The molecule has 11 nitrogen and oxygen atoms in total. The van der Waals surface area contributed by atoms with Gasteiger partial charge in [-0.25, -0.2) is 14.0 Å². The number of tetrazole rings is 1. The minimum Gasteiger partial charge on any atom is -0.466 e. The Labute approximate surface area is 198 Å². The molecular formula is C23H18FN7O4. The number of nitrogens with zero attached hydrogens (tertiary/aromatic N) is 6. The van der Waals surface area contributed by atoms with E-state index in [4.69, 9.17) is 15.2 Å². The maximum atomic E-state index is 14.6. The summed E-state index contributed by atoms with van der Waals surface area (Å²) in [6.07, 6.45) is 1.18. The van der Waals surface area contributed by atoms with Gasteiger partial charge in [0.2, 0.25) is 0 Å². The summed E-state index contributed by atoms with van der Waals surface area (Å²) in [5.41, 5.74) is 6.59. The molecule has 1 atom stereocenters. The number of nitriles is 1. The Morgan fingerprint density at radius 1 is 1.11 bits per heavy atom. The molecule has 0 aliphatic carbocycles. The lowest BCUT2D eigenvalue weighted by molar-refractivity contribution is -0.139. The Morgan fingerprint density at radius 3 is 2.43 bits per heavy atom. The molecule has 0 fully saturated rings. The first kappa shape index (κ1) is 23.1. The predicted molar refractivity (Wildman–Crippen MR) is 119 cm³/mol. The van der Waals surface area contributed by atoms with Gasteiger partial charge in [0.15, 0.2) is 0 Å². The maximum Gasteiger partial charge on any atom is 0.355 e. The topological polar surface area (TPSA) is 149 Å². The molecule has 2 N–H and O–H groups in total. The van der Waals surface area contributed by atoms with E-state index in [2.05, 4.69) is 15.5 Å². The summed E-state index contributed by atoms with van der Waals surface area (Å²) in [5.74, 6) is -3.62. The lowest BCUT2D eigenvalue weighted by Gasteiger charge is -2.36. The molecule has 1 aliphatic heterocycles. The van der Waals surface area contributed by atoms with Crippen molar-refractivity contribution in [3.63, 3.8) is 0 Å². The van der Waals surface area contributed by atoms with E-state index in [1.54, 1.807) is 30.3 Å². The number of hydrogen-bond acceptors (Lipinski definition) is 10. The molecule has 0 radical (unpaired) electrons. The SMILES string of the molecule is COC(=O)C1=C(C(=O)OC)N(c2ccc(F)c(-n3cnnn3)c2)C(N)=C(C#N)C1c1ccccc1. The molecule has 1 unspecified atom stereocenters. The van der Waals surface area contributed by atoms with Crippen LogP contribution < -0.4 is 10.6 Å². The number of carbonyl (C=O) groups excluding carboxylic acids is 2. The molecule has 176 valence electrons. The fourth-order valence-electron chi connectivity index (χ4n) is 3.87. The number of carbonyl (C=O) groups is 2. The summed E-state index contributed by atoms with van der Waals surface area (Å²) in [5, 5.41) is 20.7. The van der Waals surface area contributed by atoms with Crippen LogP contribution in [0.4, 0.5) is 10.1 Å². The minimum atomic E-state index is -1.02. The number of benzene rings is 2. The second-order valence-electron chi connectivity index (χ2n) is 7.23. The van der Waals surface area contributed by atoms with E-state index in [1.807, 2.05) is 6.07 Å². The number of aromatic nitrogens is 4. The first-order chi connectivity index (χ1) is 16.9. The molecule has 1 aliphatic rings. The summed E-state index contributed by atoms with van der Waals surface area (Å²) in [7, 11) is 2.29. The summed E-state index contributed by atoms with van der Waals surface area (Å²) in [6, 6.07) is 14.4. The van der Waals surface area contributed by atoms with Crippen LogP contribution in [0.3, 0.4) is 0 Å². The standard InChI is InChI=1S/C23H18FN7O4/c1-34-22(32)19-18(13-6-4-3-5-7-13)15(11-25)21(26)31(20(19)23(33)35-2)14-8-9-16(24)17(10-14)30-12-27-28-29-30/h3-10,12,18H,26H2,1-2H3. The Balaban J connectivity index is 2.04. The van der Waals surface area contributed by atoms with Crippen LogP contribution in [0.2, 0.25) is 0 Å². The summed E-state index contributed by atoms with van der Waals surface area (Å²) >= 11 is 0. The van der Waals surface area contributed by atoms with Crippen LogP contribution >= 0.6 is 0 Å². The lowest BCUT2D eigenvalue weighted by Crippen LogP contribution is -2.40. The van der Waals surface area contributed by atoms with Crippen LogP contribution in [0.15, 0.2) is 77.5 Å². The molecule has 4 rings (SSSR count). The molecule has 1 aromatic heterocycles. The van der Waals surface area contributed by atoms with E-state index in [0.29, 0.717) is 5.56 Å². The van der Waals surface area contributed by atoms with Crippen LogP contribution in [0.1, 0.15) is 11.5 Å². The first-order valence-corrected chi connectivity index (χ1v) is 10.1. The van der Waals surface area contributed by atoms with Crippen LogP contribution in [0.25, 0.3) is 5.69 Å². The monoisotopic (exact) mass is 475 g/mol. The number of anilines is 1. The highest BCUT2D eigenvalue weighted by Crippen LogP contribution is 2.43. The molecule has 0 amide bonds. The number of hydrogen-bond donors (Lipinski definition) is 1. The Bertz CT molecular complexity index is 1390. The largest absolute Gasteiger partial charge is 0.466 e. The van der Waals surface area contributed by atoms with E-state index in [0.717, 1.165) is 29.9 Å². The number of allylic oxidation sites excluding steroid dienone is 1. The van der Waals surface area contributed by atoms with Crippen LogP contribution in [-0.4, -0.2) is 46.4 Å². The maximum absolute atomic E-state index is 14.6. The fourth-order valence-corrected chi connectivity index (χ4v) is 3.87. The van der Waals surface area contributed by atoms with Gasteiger partial charge in [-0.3, -0.25) is 4.90 Å². The second kappa shape index (κ2) is 9.44. The Morgan fingerprint density at radius 2 is 1.83 bits per heavy atom. The van der Waals surface area contributed by atoms with Gasteiger partial charge in [-0.1, -0.05) is 30.3 Å². The predicted octanol–water partition coefficient (Wildman–Crippen LogP) is 1.70. The van der Waals surface area contributed by atoms with Crippen molar-refractivity contribution in [3.05, 3.63) is 88.9 Å². The number of rotatable bonds is 5. The number of halogens is 1. The molecule has 0 saturated heterocycles. The molecule has 35 heavy (non-hydrogen) atoms. The molecular weight excluding hydrogens is 457 g/mol. The number of esters is 2. The number of methoxy groups -OCH3 is 2. The third kappa shape index (κ3) is 3.95. The zero-order valence-corrected chi connectivity index (χ0v) is 18.5.